The second-order valence-corrected chi connectivity index (χ2v) is 7.54. The van der Waals surface area contributed by atoms with Gasteiger partial charge in [-0.05, 0) is 29.8 Å². The van der Waals surface area contributed by atoms with Crippen LogP contribution in [0.5, 0.6) is 0 Å². The third-order valence-electron chi connectivity index (χ3n) is 3.30. The van der Waals surface area contributed by atoms with E-state index in [4.69, 9.17) is 0 Å². The summed E-state index contributed by atoms with van der Waals surface area (Å²) in [6.45, 7) is -0.295. The number of urea groups is 1. The summed E-state index contributed by atoms with van der Waals surface area (Å²) in [5.41, 5.74) is 1.05. The van der Waals surface area contributed by atoms with Gasteiger partial charge in [0.15, 0.2) is 11.6 Å². The second kappa shape index (κ2) is 9.13. The van der Waals surface area contributed by atoms with Crippen LogP contribution in [0.25, 0.3) is 0 Å². The summed E-state index contributed by atoms with van der Waals surface area (Å²) in [6, 6.07) is 8.67. The van der Waals surface area contributed by atoms with Crippen LogP contribution in [0.15, 0.2) is 42.5 Å². The van der Waals surface area contributed by atoms with Gasteiger partial charge in [-0.15, -0.1) is 0 Å². The standard InChI is InChI=1S/C17H18F2N4O4S/c1-28(26,27)23-13-4-2-3-11(7-13)9-20-17(25)21-10-16(24)22-12-5-6-14(18)15(19)8-12/h2-8,23H,9-10H2,1H3,(H,22,24)(H2,20,21,25). The van der Waals surface area contributed by atoms with E-state index in [0.717, 1.165) is 18.4 Å². The van der Waals surface area contributed by atoms with Gasteiger partial charge in [-0.3, -0.25) is 9.52 Å². The van der Waals surface area contributed by atoms with Crippen molar-refractivity contribution < 1.29 is 26.8 Å². The minimum absolute atomic E-state index is 0.0568. The molecule has 11 heteroatoms. The van der Waals surface area contributed by atoms with Crippen LogP contribution < -0.4 is 20.7 Å². The van der Waals surface area contributed by atoms with E-state index in [9.17, 15) is 26.8 Å². The van der Waals surface area contributed by atoms with Crippen molar-refractivity contribution in [1.29, 1.82) is 0 Å². The lowest BCUT2D eigenvalue weighted by Crippen LogP contribution is -2.39. The highest BCUT2D eigenvalue weighted by molar-refractivity contribution is 7.92. The summed E-state index contributed by atoms with van der Waals surface area (Å²) in [5, 5.41) is 7.13. The van der Waals surface area contributed by atoms with E-state index in [0.29, 0.717) is 11.3 Å². The first-order valence-corrected chi connectivity index (χ1v) is 9.85. The van der Waals surface area contributed by atoms with Crippen LogP contribution in [0.1, 0.15) is 5.56 Å². The first-order valence-electron chi connectivity index (χ1n) is 7.96. The average Bonchev–Trinajstić information content (AvgIpc) is 2.60. The van der Waals surface area contributed by atoms with Crippen LogP contribution >= 0.6 is 0 Å². The van der Waals surface area contributed by atoms with Crippen LogP contribution in [-0.2, 0) is 21.4 Å². The van der Waals surface area contributed by atoms with Crippen LogP contribution in [0.2, 0.25) is 0 Å². The fourth-order valence-corrected chi connectivity index (χ4v) is 2.70. The van der Waals surface area contributed by atoms with Crippen molar-refractivity contribution in [3.63, 3.8) is 0 Å². The van der Waals surface area contributed by atoms with Gasteiger partial charge < -0.3 is 16.0 Å². The van der Waals surface area contributed by atoms with Crippen molar-refractivity contribution in [2.75, 3.05) is 22.8 Å². The maximum Gasteiger partial charge on any atom is 0.315 e. The van der Waals surface area contributed by atoms with Crippen LogP contribution in [-0.4, -0.2) is 33.2 Å². The lowest BCUT2D eigenvalue weighted by Gasteiger charge is -2.10. The molecule has 0 saturated heterocycles. The third-order valence-corrected chi connectivity index (χ3v) is 3.90. The molecule has 2 rings (SSSR count). The Morgan fingerprint density at radius 3 is 2.39 bits per heavy atom. The summed E-state index contributed by atoms with van der Waals surface area (Å²) in [6.07, 6.45) is 1.02. The zero-order chi connectivity index (χ0) is 20.7. The Bertz CT molecular complexity index is 983. The molecule has 0 saturated carbocycles. The molecule has 0 heterocycles. The monoisotopic (exact) mass is 412 g/mol. The predicted octanol–water partition coefficient (Wildman–Crippen LogP) is 1.77. The normalized spacial score (nSPS) is 10.8. The number of anilines is 2. The van der Waals surface area contributed by atoms with Gasteiger partial charge in [0.25, 0.3) is 0 Å². The number of halogens is 2. The predicted molar refractivity (Wildman–Crippen MR) is 100 cm³/mol. The van der Waals surface area contributed by atoms with Gasteiger partial charge >= 0.3 is 6.03 Å². The van der Waals surface area contributed by atoms with Crippen LogP contribution in [0, 0.1) is 11.6 Å². The Kier molecular flexibility index (Phi) is 6.88. The molecular formula is C17H18F2N4O4S. The molecule has 0 bridgehead atoms. The average molecular weight is 412 g/mol. The van der Waals surface area contributed by atoms with Crippen molar-refractivity contribution in [2.24, 2.45) is 0 Å². The van der Waals surface area contributed by atoms with Gasteiger partial charge in [0.2, 0.25) is 15.9 Å². The highest BCUT2D eigenvalue weighted by Crippen LogP contribution is 2.13. The quantitative estimate of drug-likeness (QED) is 0.555. The summed E-state index contributed by atoms with van der Waals surface area (Å²) < 4.78 is 50.7. The van der Waals surface area contributed by atoms with Crippen LogP contribution in [0.3, 0.4) is 0 Å². The minimum atomic E-state index is -3.41. The van der Waals surface area contributed by atoms with Crippen molar-refractivity contribution in [3.8, 4) is 0 Å². The molecule has 8 nitrogen and oxygen atoms in total. The molecule has 0 radical (unpaired) electrons. The Hall–Kier alpha value is -3.21. The number of hydrogen-bond donors (Lipinski definition) is 4. The molecule has 0 spiro atoms. The van der Waals surface area contributed by atoms with E-state index in [2.05, 4.69) is 20.7 Å². The molecule has 2 aromatic rings. The van der Waals surface area contributed by atoms with E-state index in [1.165, 1.54) is 6.07 Å². The molecule has 150 valence electrons. The molecule has 0 atom stereocenters. The topological polar surface area (TPSA) is 116 Å². The van der Waals surface area contributed by atoms with E-state index in [1.54, 1.807) is 24.3 Å². The van der Waals surface area contributed by atoms with Gasteiger partial charge in [-0.2, -0.15) is 0 Å². The number of sulfonamides is 1. The maximum atomic E-state index is 13.1. The molecule has 2 aromatic carbocycles. The minimum Gasteiger partial charge on any atom is -0.334 e. The number of nitrogens with one attached hydrogen (secondary N) is 4. The fourth-order valence-electron chi connectivity index (χ4n) is 2.14. The van der Waals surface area contributed by atoms with Crippen molar-refractivity contribution >= 4 is 33.3 Å². The van der Waals surface area contributed by atoms with Gasteiger partial charge in [0, 0.05) is 24.0 Å². The van der Waals surface area contributed by atoms with Gasteiger partial charge in [-0.1, -0.05) is 12.1 Å². The molecule has 0 aliphatic rings. The summed E-state index contributed by atoms with van der Waals surface area (Å²) in [4.78, 5) is 23.5. The molecule has 0 aromatic heterocycles. The van der Waals surface area contributed by atoms with Gasteiger partial charge in [0.1, 0.15) is 0 Å². The first-order chi connectivity index (χ1) is 13.1. The van der Waals surface area contributed by atoms with Crippen LogP contribution in [0.4, 0.5) is 25.0 Å². The van der Waals surface area contributed by atoms with E-state index in [1.807, 2.05) is 0 Å². The van der Waals surface area contributed by atoms with Crippen molar-refractivity contribution in [2.45, 2.75) is 6.54 Å². The van der Waals surface area contributed by atoms with Gasteiger partial charge in [-0.25, -0.2) is 22.0 Å². The summed E-state index contributed by atoms with van der Waals surface area (Å²) in [5.74, 6) is -2.76. The maximum absolute atomic E-state index is 13.1. The zero-order valence-electron chi connectivity index (χ0n) is 14.8. The summed E-state index contributed by atoms with van der Waals surface area (Å²) >= 11 is 0. The van der Waals surface area contributed by atoms with E-state index in [-0.39, 0.29) is 18.8 Å². The van der Waals surface area contributed by atoms with E-state index < -0.39 is 33.6 Å². The molecule has 0 aliphatic carbocycles. The SMILES string of the molecule is CS(=O)(=O)Nc1cccc(CNC(=O)NCC(=O)Nc2ccc(F)c(F)c2)c1. The van der Waals surface area contributed by atoms with Gasteiger partial charge in [0.05, 0.1) is 12.8 Å². The molecule has 4 N–H and O–H groups in total. The van der Waals surface area contributed by atoms with Crippen molar-refractivity contribution in [1.82, 2.24) is 10.6 Å². The Morgan fingerprint density at radius 2 is 1.71 bits per heavy atom. The largest absolute Gasteiger partial charge is 0.334 e. The Morgan fingerprint density at radius 1 is 0.964 bits per heavy atom. The number of carbonyl (C=O) groups is 2. The Balaban J connectivity index is 1.78. The molecule has 0 aliphatic heterocycles. The highest BCUT2D eigenvalue weighted by atomic mass is 32.2. The Labute approximate surface area is 160 Å². The number of rotatable bonds is 7. The van der Waals surface area contributed by atoms with E-state index >= 15 is 0 Å². The smallest absolute Gasteiger partial charge is 0.315 e. The molecule has 28 heavy (non-hydrogen) atoms. The number of carbonyl (C=O) groups excluding carboxylic acids is 2. The third kappa shape index (κ3) is 7.19. The molecule has 0 unspecified atom stereocenters. The zero-order valence-corrected chi connectivity index (χ0v) is 15.6. The molecule has 3 amide bonds. The van der Waals surface area contributed by atoms with Crippen molar-refractivity contribution in [3.05, 3.63) is 59.7 Å². The summed E-state index contributed by atoms with van der Waals surface area (Å²) in [7, 11) is -3.41. The number of amides is 3. The number of hydrogen-bond acceptors (Lipinski definition) is 4. The highest BCUT2D eigenvalue weighted by Gasteiger charge is 2.08. The molecular weight excluding hydrogens is 394 g/mol. The first kappa shape index (κ1) is 21.1. The molecule has 0 fully saturated rings. The lowest BCUT2D eigenvalue weighted by atomic mass is 10.2. The second-order valence-electron chi connectivity index (χ2n) is 5.79. The lowest BCUT2D eigenvalue weighted by molar-refractivity contribution is -0.115. The number of benzene rings is 2. The fraction of sp³-hybridized carbons (Fsp3) is 0.176.